The number of esters is 2. The minimum atomic E-state index is -0.686. The van der Waals surface area contributed by atoms with Crippen molar-refractivity contribution in [2.75, 3.05) is 34.0 Å². The lowest BCUT2D eigenvalue weighted by Crippen LogP contribution is -2.34. The van der Waals surface area contributed by atoms with Crippen LogP contribution in [-0.4, -0.2) is 62.0 Å². The first-order chi connectivity index (χ1) is 13.4. The van der Waals surface area contributed by atoms with Crippen molar-refractivity contribution >= 4 is 40.9 Å². The van der Waals surface area contributed by atoms with Gasteiger partial charge in [0.15, 0.2) is 18.1 Å². The zero-order chi connectivity index (χ0) is 20.7. The Bertz CT molecular complexity index is 820. The van der Waals surface area contributed by atoms with E-state index in [4.69, 9.17) is 9.47 Å². The van der Waals surface area contributed by atoms with Crippen molar-refractivity contribution in [3.63, 3.8) is 0 Å². The number of carbonyl (C=O) groups excluding carboxylic acids is 4. The Balaban J connectivity index is 2.21. The number of ether oxygens (including phenoxy) is 4. The molecule has 1 aromatic rings. The summed E-state index contributed by atoms with van der Waals surface area (Å²) in [6, 6.07) is 4.84. The quantitative estimate of drug-likeness (QED) is 0.469. The van der Waals surface area contributed by atoms with Crippen LogP contribution in [-0.2, 0) is 23.9 Å². The molecule has 0 aliphatic carbocycles. The Morgan fingerprint density at radius 1 is 1.07 bits per heavy atom. The van der Waals surface area contributed by atoms with Crippen molar-refractivity contribution in [3.05, 3.63) is 28.7 Å². The molecular weight excluding hydrogens is 390 g/mol. The summed E-state index contributed by atoms with van der Waals surface area (Å²) in [5.41, 5.74) is 0.581. The first-order valence-corrected chi connectivity index (χ1v) is 8.99. The van der Waals surface area contributed by atoms with Crippen LogP contribution >= 0.6 is 11.8 Å². The summed E-state index contributed by atoms with van der Waals surface area (Å²) in [6.07, 6.45) is 1.51. The molecule has 2 rings (SSSR count). The molecule has 0 N–H and O–H groups in total. The number of amides is 2. The molecule has 28 heavy (non-hydrogen) atoms. The number of imide groups is 1. The first kappa shape index (κ1) is 21.3. The van der Waals surface area contributed by atoms with Crippen LogP contribution in [0.1, 0.15) is 12.5 Å². The molecule has 0 unspecified atom stereocenters. The smallest absolute Gasteiger partial charge is 0.343 e. The monoisotopic (exact) mass is 409 g/mol. The number of methoxy groups -OCH3 is 2. The van der Waals surface area contributed by atoms with Gasteiger partial charge in [-0.1, -0.05) is 6.07 Å². The Labute approximate surface area is 165 Å². The first-order valence-electron chi connectivity index (χ1n) is 8.18. The number of hydrogen-bond donors (Lipinski definition) is 0. The van der Waals surface area contributed by atoms with Crippen molar-refractivity contribution in [2.24, 2.45) is 0 Å². The van der Waals surface area contributed by atoms with Gasteiger partial charge in [0.2, 0.25) is 0 Å². The van der Waals surface area contributed by atoms with Gasteiger partial charge >= 0.3 is 11.9 Å². The highest BCUT2D eigenvalue weighted by Gasteiger charge is 2.36. The molecule has 9 nitrogen and oxygen atoms in total. The Hall–Kier alpha value is -3.01. The lowest BCUT2D eigenvalue weighted by atomic mass is 10.2. The fraction of sp³-hybridized carbons (Fsp3) is 0.333. The average molecular weight is 409 g/mol. The molecule has 1 saturated heterocycles. The van der Waals surface area contributed by atoms with Crippen molar-refractivity contribution in [2.45, 2.75) is 6.92 Å². The Morgan fingerprint density at radius 3 is 2.43 bits per heavy atom. The molecule has 1 aliphatic heterocycles. The summed E-state index contributed by atoms with van der Waals surface area (Å²) >= 11 is 0.727. The minimum Gasteiger partial charge on any atom is -0.490 e. The molecule has 1 aliphatic rings. The predicted octanol–water partition coefficient (Wildman–Crippen LogP) is 1.85. The molecule has 0 atom stereocenters. The van der Waals surface area contributed by atoms with E-state index in [2.05, 4.69) is 9.47 Å². The van der Waals surface area contributed by atoms with Gasteiger partial charge in [-0.25, -0.2) is 4.79 Å². The van der Waals surface area contributed by atoms with Gasteiger partial charge in [0.25, 0.3) is 11.1 Å². The topological polar surface area (TPSA) is 108 Å². The average Bonchev–Trinajstić information content (AvgIpc) is 2.94. The van der Waals surface area contributed by atoms with E-state index in [0.29, 0.717) is 23.7 Å². The molecule has 1 heterocycles. The SMILES string of the molecule is CCOc1cc(/C=C2\SC(=O)N(CC(=O)OC)C2=O)ccc1OCC(=O)OC. The van der Waals surface area contributed by atoms with Gasteiger partial charge in [-0.15, -0.1) is 0 Å². The third-order valence-corrected chi connectivity index (χ3v) is 4.43. The number of benzene rings is 1. The molecule has 150 valence electrons. The van der Waals surface area contributed by atoms with Crippen LogP contribution in [0.4, 0.5) is 4.79 Å². The third kappa shape index (κ3) is 5.26. The van der Waals surface area contributed by atoms with E-state index in [1.54, 1.807) is 25.1 Å². The maximum atomic E-state index is 12.4. The van der Waals surface area contributed by atoms with E-state index in [1.165, 1.54) is 20.3 Å². The van der Waals surface area contributed by atoms with Crippen LogP contribution in [0.25, 0.3) is 6.08 Å². The summed E-state index contributed by atoms with van der Waals surface area (Å²) in [6.45, 7) is 1.42. The summed E-state index contributed by atoms with van der Waals surface area (Å²) in [4.78, 5) is 47.9. The van der Waals surface area contributed by atoms with Crippen molar-refractivity contribution in [1.82, 2.24) is 4.90 Å². The van der Waals surface area contributed by atoms with E-state index in [9.17, 15) is 19.2 Å². The van der Waals surface area contributed by atoms with Crippen LogP contribution in [0.5, 0.6) is 11.5 Å². The Morgan fingerprint density at radius 2 is 1.79 bits per heavy atom. The minimum absolute atomic E-state index is 0.166. The molecule has 2 amide bonds. The number of carbonyl (C=O) groups is 4. The standard InChI is InChI=1S/C18H19NO8S/c1-4-26-13-7-11(5-6-12(13)27-10-16(21)25-3)8-14-17(22)19(18(23)28-14)9-15(20)24-2/h5-8H,4,9-10H2,1-3H3/b14-8-. The van der Waals surface area contributed by atoms with Gasteiger partial charge in [0.05, 0.1) is 25.7 Å². The maximum Gasteiger partial charge on any atom is 0.343 e. The highest BCUT2D eigenvalue weighted by atomic mass is 32.2. The molecule has 0 radical (unpaired) electrons. The lowest BCUT2D eigenvalue weighted by molar-refractivity contribution is -0.143. The number of thioether (sulfide) groups is 1. The van der Waals surface area contributed by atoms with Crippen LogP contribution in [0.2, 0.25) is 0 Å². The zero-order valence-corrected chi connectivity index (χ0v) is 16.4. The third-order valence-electron chi connectivity index (χ3n) is 3.53. The van der Waals surface area contributed by atoms with Crippen molar-refractivity contribution in [1.29, 1.82) is 0 Å². The van der Waals surface area contributed by atoms with E-state index in [1.807, 2.05) is 0 Å². The van der Waals surface area contributed by atoms with Crippen LogP contribution in [0, 0.1) is 0 Å². The van der Waals surface area contributed by atoms with Crippen molar-refractivity contribution < 1.29 is 38.1 Å². The lowest BCUT2D eigenvalue weighted by Gasteiger charge is -2.12. The van der Waals surface area contributed by atoms with Gasteiger partial charge in [-0.05, 0) is 42.5 Å². The number of rotatable bonds is 8. The van der Waals surface area contributed by atoms with E-state index in [-0.39, 0.29) is 11.5 Å². The second kappa shape index (κ2) is 9.79. The van der Waals surface area contributed by atoms with Gasteiger partial charge in [0, 0.05) is 0 Å². The fourth-order valence-electron chi connectivity index (χ4n) is 2.18. The maximum absolute atomic E-state index is 12.4. The van der Waals surface area contributed by atoms with Gasteiger partial charge in [-0.2, -0.15) is 0 Å². The molecule has 1 aromatic carbocycles. The zero-order valence-electron chi connectivity index (χ0n) is 15.6. The predicted molar refractivity (Wildman–Crippen MR) is 99.8 cm³/mol. The summed E-state index contributed by atoms with van der Waals surface area (Å²) in [5, 5.41) is -0.551. The summed E-state index contributed by atoms with van der Waals surface area (Å²) < 4.78 is 19.9. The highest BCUT2D eigenvalue weighted by Crippen LogP contribution is 2.34. The van der Waals surface area contributed by atoms with E-state index < -0.39 is 29.6 Å². The second-order valence-electron chi connectivity index (χ2n) is 5.35. The van der Waals surface area contributed by atoms with E-state index in [0.717, 1.165) is 16.7 Å². The van der Waals surface area contributed by atoms with Gasteiger partial charge in [0.1, 0.15) is 6.54 Å². The number of nitrogens with zero attached hydrogens (tertiary/aromatic N) is 1. The molecule has 0 aromatic heterocycles. The fourth-order valence-corrected chi connectivity index (χ4v) is 3.02. The number of hydrogen-bond acceptors (Lipinski definition) is 9. The molecule has 0 bridgehead atoms. The highest BCUT2D eigenvalue weighted by molar-refractivity contribution is 8.18. The normalized spacial score (nSPS) is 15.0. The molecule has 0 saturated carbocycles. The molecular formula is C18H19NO8S. The largest absolute Gasteiger partial charge is 0.490 e. The van der Waals surface area contributed by atoms with E-state index >= 15 is 0 Å². The molecule has 0 spiro atoms. The Kier molecular flexibility index (Phi) is 7.44. The molecule has 10 heteroatoms. The summed E-state index contributed by atoms with van der Waals surface area (Å²) in [5.74, 6) is -1.10. The molecule has 1 fully saturated rings. The van der Waals surface area contributed by atoms with Gasteiger partial charge < -0.3 is 18.9 Å². The van der Waals surface area contributed by atoms with Gasteiger partial charge in [-0.3, -0.25) is 19.3 Å². The van der Waals surface area contributed by atoms with Crippen LogP contribution in [0.15, 0.2) is 23.1 Å². The van der Waals surface area contributed by atoms with Crippen LogP contribution in [0.3, 0.4) is 0 Å². The second-order valence-corrected chi connectivity index (χ2v) is 6.34. The summed E-state index contributed by atoms with van der Waals surface area (Å²) in [7, 11) is 2.43. The van der Waals surface area contributed by atoms with Crippen molar-refractivity contribution in [3.8, 4) is 11.5 Å². The van der Waals surface area contributed by atoms with Crippen LogP contribution < -0.4 is 9.47 Å².